The average Bonchev–Trinajstić information content (AvgIpc) is 2.45. The van der Waals surface area contributed by atoms with E-state index in [2.05, 4.69) is 0 Å². The maximum Gasteiger partial charge on any atom is 0.234 e. The van der Waals surface area contributed by atoms with Crippen LogP contribution in [0.5, 0.6) is 0 Å². The SMILES string of the molecule is CN1C(=O)C(CC=O)c2ccccc21. The Kier molecular flexibility index (Phi) is 2.08. The summed E-state index contributed by atoms with van der Waals surface area (Å²) in [4.78, 5) is 23.8. The minimum Gasteiger partial charge on any atom is -0.315 e. The van der Waals surface area contributed by atoms with E-state index in [4.69, 9.17) is 0 Å². The standard InChI is InChI=1S/C11H11NO2/c1-12-10-5-3-2-4-8(10)9(6-7-13)11(12)14/h2-5,7,9H,6H2,1H3. The number of hydrogen-bond donors (Lipinski definition) is 0. The van der Waals surface area contributed by atoms with Gasteiger partial charge in [0.15, 0.2) is 0 Å². The predicted octanol–water partition coefficient (Wildman–Crippen LogP) is 1.34. The van der Waals surface area contributed by atoms with Crippen molar-refractivity contribution in [1.82, 2.24) is 0 Å². The van der Waals surface area contributed by atoms with Crippen LogP contribution in [0.3, 0.4) is 0 Å². The number of carbonyl (C=O) groups excluding carboxylic acids is 2. The Morgan fingerprint density at radius 1 is 1.43 bits per heavy atom. The number of fused-ring (bicyclic) bond motifs is 1. The maximum absolute atomic E-state index is 11.7. The number of rotatable bonds is 2. The van der Waals surface area contributed by atoms with Gasteiger partial charge in [-0.1, -0.05) is 18.2 Å². The molecule has 3 nitrogen and oxygen atoms in total. The number of hydrogen-bond acceptors (Lipinski definition) is 2. The Morgan fingerprint density at radius 3 is 2.86 bits per heavy atom. The minimum atomic E-state index is -0.270. The van der Waals surface area contributed by atoms with E-state index in [1.165, 1.54) is 0 Å². The molecule has 0 spiro atoms. The molecule has 0 saturated carbocycles. The zero-order valence-corrected chi connectivity index (χ0v) is 7.93. The molecule has 1 aromatic rings. The second-order valence-corrected chi connectivity index (χ2v) is 3.41. The molecule has 1 aliphatic heterocycles. The van der Waals surface area contributed by atoms with Gasteiger partial charge < -0.3 is 9.69 Å². The van der Waals surface area contributed by atoms with Crippen LogP contribution in [0.25, 0.3) is 0 Å². The van der Waals surface area contributed by atoms with E-state index >= 15 is 0 Å². The highest BCUT2D eigenvalue weighted by Gasteiger charge is 2.33. The van der Waals surface area contributed by atoms with Crippen LogP contribution < -0.4 is 4.90 Å². The van der Waals surface area contributed by atoms with Crippen LogP contribution in [-0.4, -0.2) is 19.2 Å². The van der Waals surface area contributed by atoms with Gasteiger partial charge in [0.05, 0.1) is 5.92 Å². The number of nitrogens with zero attached hydrogens (tertiary/aromatic N) is 1. The molecule has 2 rings (SSSR count). The van der Waals surface area contributed by atoms with Gasteiger partial charge in [0.2, 0.25) is 5.91 Å². The largest absolute Gasteiger partial charge is 0.315 e. The van der Waals surface area contributed by atoms with Crippen molar-refractivity contribution < 1.29 is 9.59 Å². The monoisotopic (exact) mass is 189 g/mol. The number of aldehydes is 1. The third kappa shape index (κ3) is 1.13. The van der Waals surface area contributed by atoms with Gasteiger partial charge in [-0.2, -0.15) is 0 Å². The Hall–Kier alpha value is -1.64. The predicted molar refractivity (Wildman–Crippen MR) is 53.3 cm³/mol. The van der Waals surface area contributed by atoms with Crippen LogP contribution in [0, 0.1) is 0 Å². The summed E-state index contributed by atoms with van der Waals surface area (Å²) < 4.78 is 0. The molecule has 1 aromatic carbocycles. The summed E-state index contributed by atoms with van der Waals surface area (Å²) in [5, 5.41) is 0. The molecular formula is C11H11NO2. The highest BCUT2D eigenvalue weighted by molar-refractivity contribution is 6.05. The van der Waals surface area contributed by atoms with Gasteiger partial charge in [-0.3, -0.25) is 4.79 Å². The molecule has 0 fully saturated rings. The first-order valence-corrected chi connectivity index (χ1v) is 4.56. The van der Waals surface area contributed by atoms with Crippen LogP contribution in [0.15, 0.2) is 24.3 Å². The minimum absolute atomic E-state index is 0.0123. The first-order chi connectivity index (χ1) is 6.75. The summed E-state index contributed by atoms with van der Waals surface area (Å²) in [7, 11) is 1.74. The van der Waals surface area contributed by atoms with Crippen molar-refractivity contribution in [3.05, 3.63) is 29.8 Å². The quantitative estimate of drug-likeness (QED) is 0.658. The number of amides is 1. The van der Waals surface area contributed by atoms with Gasteiger partial charge in [-0.25, -0.2) is 0 Å². The molecule has 1 aliphatic rings. The van der Waals surface area contributed by atoms with Gasteiger partial charge in [0.1, 0.15) is 6.29 Å². The second kappa shape index (κ2) is 3.25. The third-order valence-electron chi connectivity index (χ3n) is 2.63. The van der Waals surface area contributed by atoms with Crippen molar-refractivity contribution in [2.45, 2.75) is 12.3 Å². The lowest BCUT2D eigenvalue weighted by Gasteiger charge is -2.09. The smallest absolute Gasteiger partial charge is 0.234 e. The summed E-state index contributed by atoms with van der Waals surface area (Å²) in [6.07, 6.45) is 1.08. The van der Waals surface area contributed by atoms with Crippen LogP contribution in [-0.2, 0) is 9.59 Å². The van der Waals surface area contributed by atoms with E-state index < -0.39 is 0 Å². The molecule has 14 heavy (non-hydrogen) atoms. The molecule has 0 radical (unpaired) electrons. The van der Waals surface area contributed by atoms with E-state index in [-0.39, 0.29) is 18.2 Å². The number of benzene rings is 1. The van der Waals surface area contributed by atoms with Gasteiger partial charge in [-0.15, -0.1) is 0 Å². The summed E-state index contributed by atoms with van der Waals surface area (Å²) in [5.74, 6) is -0.257. The Labute approximate surface area is 82.3 Å². The fourth-order valence-electron chi connectivity index (χ4n) is 1.90. The molecule has 0 N–H and O–H groups in total. The Bertz CT molecular complexity index is 387. The zero-order valence-electron chi connectivity index (χ0n) is 7.93. The van der Waals surface area contributed by atoms with E-state index in [0.717, 1.165) is 17.5 Å². The van der Waals surface area contributed by atoms with Gasteiger partial charge in [0.25, 0.3) is 0 Å². The van der Waals surface area contributed by atoms with Gasteiger partial charge in [-0.05, 0) is 11.6 Å². The summed E-state index contributed by atoms with van der Waals surface area (Å²) in [6, 6.07) is 7.60. The first-order valence-electron chi connectivity index (χ1n) is 4.56. The number of anilines is 1. The van der Waals surface area contributed by atoms with Crippen molar-refractivity contribution in [3.8, 4) is 0 Å². The van der Waals surface area contributed by atoms with Crippen molar-refractivity contribution in [2.24, 2.45) is 0 Å². The molecule has 1 heterocycles. The maximum atomic E-state index is 11.7. The van der Waals surface area contributed by atoms with Crippen molar-refractivity contribution in [2.75, 3.05) is 11.9 Å². The van der Waals surface area contributed by atoms with Crippen molar-refractivity contribution in [1.29, 1.82) is 0 Å². The van der Waals surface area contributed by atoms with E-state index in [0.29, 0.717) is 0 Å². The second-order valence-electron chi connectivity index (χ2n) is 3.41. The molecule has 0 bridgehead atoms. The molecule has 1 unspecified atom stereocenters. The fraction of sp³-hybridized carbons (Fsp3) is 0.273. The number of likely N-dealkylation sites (N-methyl/N-ethyl adjacent to an activating group) is 1. The van der Waals surface area contributed by atoms with Crippen molar-refractivity contribution >= 4 is 17.9 Å². The lowest BCUT2D eigenvalue weighted by molar-refractivity contribution is -0.121. The molecule has 0 aliphatic carbocycles. The average molecular weight is 189 g/mol. The van der Waals surface area contributed by atoms with Crippen LogP contribution >= 0.6 is 0 Å². The molecule has 1 amide bonds. The summed E-state index contributed by atoms with van der Waals surface area (Å²) >= 11 is 0. The molecule has 0 saturated heterocycles. The van der Waals surface area contributed by atoms with E-state index in [9.17, 15) is 9.59 Å². The molecule has 0 aromatic heterocycles. The Balaban J connectivity index is 2.47. The summed E-state index contributed by atoms with van der Waals surface area (Å²) in [6.45, 7) is 0. The summed E-state index contributed by atoms with van der Waals surface area (Å²) in [5.41, 5.74) is 1.89. The highest BCUT2D eigenvalue weighted by Crippen LogP contribution is 2.37. The van der Waals surface area contributed by atoms with E-state index in [1.54, 1.807) is 11.9 Å². The molecule has 72 valence electrons. The van der Waals surface area contributed by atoms with E-state index in [1.807, 2.05) is 24.3 Å². The molecular weight excluding hydrogens is 178 g/mol. The van der Waals surface area contributed by atoms with Gasteiger partial charge in [0, 0.05) is 19.2 Å². The normalized spacial score (nSPS) is 19.6. The topological polar surface area (TPSA) is 37.4 Å². The first kappa shape index (κ1) is 8.94. The molecule has 3 heteroatoms. The van der Waals surface area contributed by atoms with Crippen LogP contribution in [0.4, 0.5) is 5.69 Å². The van der Waals surface area contributed by atoms with Crippen LogP contribution in [0.1, 0.15) is 17.9 Å². The fourth-order valence-corrected chi connectivity index (χ4v) is 1.90. The zero-order chi connectivity index (χ0) is 10.1. The van der Waals surface area contributed by atoms with Crippen LogP contribution in [0.2, 0.25) is 0 Å². The molecule has 1 atom stereocenters. The van der Waals surface area contributed by atoms with Gasteiger partial charge >= 0.3 is 0 Å². The lowest BCUT2D eigenvalue weighted by atomic mass is 9.98. The third-order valence-corrected chi connectivity index (χ3v) is 2.63. The highest BCUT2D eigenvalue weighted by atomic mass is 16.2. The Morgan fingerprint density at radius 2 is 2.14 bits per heavy atom. The lowest BCUT2D eigenvalue weighted by Crippen LogP contribution is -2.24. The number of para-hydroxylation sites is 1. The van der Waals surface area contributed by atoms with Crippen molar-refractivity contribution in [3.63, 3.8) is 0 Å². The number of carbonyl (C=O) groups is 2.